The van der Waals surface area contributed by atoms with Crippen LogP contribution in [-0.4, -0.2) is 36.9 Å². The largest absolute Gasteiger partial charge is 0.324 e. The van der Waals surface area contributed by atoms with E-state index in [1.165, 1.54) is 20.3 Å². The summed E-state index contributed by atoms with van der Waals surface area (Å²) >= 11 is 0. The fourth-order valence-electron chi connectivity index (χ4n) is 0.311. The van der Waals surface area contributed by atoms with E-state index in [9.17, 15) is 13.6 Å². The van der Waals surface area contributed by atoms with Gasteiger partial charge in [0.2, 0.25) is 6.41 Å². The van der Waals surface area contributed by atoms with Crippen LogP contribution in [0.2, 0.25) is 0 Å². The van der Waals surface area contributed by atoms with Crippen LogP contribution in [-0.2, 0) is 4.79 Å². The Morgan fingerprint density at radius 2 is 1.82 bits per heavy atom. The van der Waals surface area contributed by atoms with Crippen LogP contribution in [0.15, 0.2) is 12.4 Å². The molecule has 0 rings (SSSR count). The standard InChI is InChI=1S/C6H10F2N2O/c1-9(5-11)3-4-10(2)6(7)8/h3-6H,1-2H3/b4-3-. The predicted octanol–water partition coefficient (Wildman–Crippen LogP) is 0.700. The first kappa shape index (κ1) is 9.87. The van der Waals surface area contributed by atoms with Gasteiger partial charge in [-0.3, -0.25) is 4.79 Å². The van der Waals surface area contributed by atoms with Crippen molar-refractivity contribution in [1.82, 2.24) is 9.80 Å². The van der Waals surface area contributed by atoms with Crippen LogP contribution in [0.5, 0.6) is 0 Å². The summed E-state index contributed by atoms with van der Waals surface area (Å²) in [5.41, 5.74) is 0. The van der Waals surface area contributed by atoms with Gasteiger partial charge in [0.1, 0.15) is 0 Å². The van der Waals surface area contributed by atoms with E-state index in [1.54, 1.807) is 0 Å². The molecule has 0 bridgehead atoms. The van der Waals surface area contributed by atoms with Gasteiger partial charge in [-0.1, -0.05) is 0 Å². The number of hydrogen-bond acceptors (Lipinski definition) is 2. The summed E-state index contributed by atoms with van der Waals surface area (Å²) in [6.07, 6.45) is 2.90. The van der Waals surface area contributed by atoms with E-state index in [2.05, 4.69) is 0 Å². The van der Waals surface area contributed by atoms with Crippen molar-refractivity contribution < 1.29 is 13.6 Å². The molecule has 3 nitrogen and oxygen atoms in total. The summed E-state index contributed by atoms with van der Waals surface area (Å²) in [6.45, 7) is -2.54. The number of nitrogens with zero attached hydrogens (tertiary/aromatic N) is 2. The van der Waals surface area contributed by atoms with Gasteiger partial charge in [-0.05, 0) is 0 Å². The van der Waals surface area contributed by atoms with Gasteiger partial charge >= 0.3 is 6.55 Å². The Morgan fingerprint density at radius 3 is 2.18 bits per heavy atom. The molecule has 0 aromatic rings. The van der Waals surface area contributed by atoms with Crippen LogP contribution >= 0.6 is 0 Å². The van der Waals surface area contributed by atoms with Crippen molar-refractivity contribution in [2.75, 3.05) is 14.1 Å². The molecule has 0 heterocycles. The second-order valence-electron chi connectivity index (χ2n) is 2.01. The average molecular weight is 164 g/mol. The van der Waals surface area contributed by atoms with Gasteiger partial charge in [0.05, 0.1) is 0 Å². The molecule has 0 aliphatic rings. The zero-order valence-corrected chi connectivity index (χ0v) is 6.37. The Balaban J connectivity index is 3.81. The summed E-state index contributed by atoms with van der Waals surface area (Å²) in [6, 6.07) is 0. The molecule has 5 heteroatoms. The molecule has 0 aliphatic carbocycles. The third kappa shape index (κ3) is 4.30. The van der Waals surface area contributed by atoms with Gasteiger partial charge in [-0.15, -0.1) is 0 Å². The fourth-order valence-corrected chi connectivity index (χ4v) is 0.311. The van der Waals surface area contributed by atoms with Gasteiger partial charge < -0.3 is 9.80 Å². The highest BCUT2D eigenvalue weighted by Crippen LogP contribution is 1.99. The topological polar surface area (TPSA) is 23.6 Å². The summed E-state index contributed by atoms with van der Waals surface area (Å²) < 4.78 is 23.5. The number of carbonyl (C=O) groups is 1. The lowest BCUT2D eigenvalue weighted by atomic mass is 10.7. The van der Waals surface area contributed by atoms with E-state index >= 15 is 0 Å². The van der Waals surface area contributed by atoms with Crippen molar-refractivity contribution in [3.8, 4) is 0 Å². The molecule has 0 radical (unpaired) electrons. The average Bonchev–Trinajstić information content (AvgIpc) is 1.99. The molecule has 11 heavy (non-hydrogen) atoms. The number of carbonyl (C=O) groups excluding carboxylic acids is 1. The van der Waals surface area contributed by atoms with Gasteiger partial charge in [0.25, 0.3) is 0 Å². The first-order chi connectivity index (χ1) is 5.07. The smallest absolute Gasteiger partial charge is 0.314 e. The Kier molecular flexibility index (Phi) is 4.17. The van der Waals surface area contributed by atoms with E-state index in [4.69, 9.17) is 0 Å². The van der Waals surface area contributed by atoms with Crippen LogP contribution in [0.1, 0.15) is 0 Å². The summed E-state index contributed by atoms with van der Waals surface area (Å²) in [5.74, 6) is 0. The second-order valence-corrected chi connectivity index (χ2v) is 2.01. The van der Waals surface area contributed by atoms with Gasteiger partial charge in [-0.25, -0.2) is 0 Å². The van der Waals surface area contributed by atoms with Crippen LogP contribution < -0.4 is 0 Å². The van der Waals surface area contributed by atoms with Gasteiger partial charge in [0.15, 0.2) is 0 Å². The first-order valence-electron chi connectivity index (χ1n) is 2.93. The van der Waals surface area contributed by atoms with E-state index in [0.29, 0.717) is 11.3 Å². The van der Waals surface area contributed by atoms with Gasteiger partial charge in [0, 0.05) is 26.5 Å². The SMILES string of the molecule is CN(C=O)/C=C\N(C)C(F)F. The number of hydrogen-bond donors (Lipinski definition) is 0. The van der Waals surface area contributed by atoms with Gasteiger partial charge in [-0.2, -0.15) is 8.78 Å². The molecule has 0 N–H and O–H groups in total. The van der Waals surface area contributed by atoms with Crippen molar-refractivity contribution in [1.29, 1.82) is 0 Å². The number of halogens is 2. The maximum absolute atomic E-state index is 11.8. The number of rotatable bonds is 4. The highest BCUT2D eigenvalue weighted by Gasteiger charge is 2.03. The second kappa shape index (κ2) is 4.65. The third-order valence-corrected chi connectivity index (χ3v) is 1.01. The third-order valence-electron chi connectivity index (χ3n) is 1.01. The van der Waals surface area contributed by atoms with Crippen molar-refractivity contribution in [3.05, 3.63) is 12.4 Å². The molecule has 64 valence electrons. The van der Waals surface area contributed by atoms with Crippen LogP contribution in [0.3, 0.4) is 0 Å². The van der Waals surface area contributed by atoms with Crippen LogP contribution in [0.25, 0.3) is 0 Å². The molecular weight excluding hydrogens is 154 g/mol. The lowest BCUT2D eigenvalue weighted by Gasteiger charge is -2.12. The van der Waals surface area contributed by atoms with Crippen molar-refractivity contribution in [3.63, 3.8) is 0 Å². The van der Waals surface area contributed by atoms with E-state index < -0.39 is 6.55 Å². The lowest BCUT2D eigenvalue weighted by Crippen LogP contribution is -2.19. The quantitative estimate of drug-likeness (QED) is 0.451. The predicted molar refractivity (Wildman–Crippen MR) is 36.7 cm³/mol. The van der Waals surface area contributed by atoms with Crippen molar-refractivity contribution >= 4 is 6.41 Å². The molecule has 0 unspecified atom stereocenters. The Bertz CT molecular complexity index is 150. The Morgan fingerprint density at radius 1 is 1.27 bits per heavy atom. The molecule has 0 spiro atoms. The molecule has 0 saturated heterocycles. The maximum atomic E-state index is 11.8. The zero-order valence-electron chi connectivity index (χ0n) is 6.37. The van der Waals surface area contributed by atoms with E-state index in [0.717, 1.165) is 11.1 Å². The molecule has 0 aliphatic heterocycles. The Labute approximate surface area is 63.9 Å². The maximum Gasteiger partial charge on any atom is 0.314 e. The minimum absolute atomic E-state index is 0.524. The van der Waals surface area contributed by atoms with Crippen molar-refractivity contribution in [2.24, 2.45) is 0 Å². The minimum Gasteiger partial charge on any atom is -0.324 e. The number of alkyl halides is 2. The van der Waals surface area contributed by atoms with Crippen molar-refractivity contribution in [2.45, 2.75) is 6.55 Å². The van der Waals surface area contributed by atoms with Crippen LogP contribution in [0.4, 0.5) is 8.78 Å². The van der Waals surface area contributed by atoms with Crippen LogP contribution in [0, 0.1) is 0 Å². The molecule has 0 saturated carbocycles. The normalized spacial score (nSPS) is 10.6. The highest BCUT2D eigenvalue weighted by molar-refractivity contribution is 5.48. The minimum atomic E-state index is -2.54. The van der Waals surface area contributed by atoms with E-state index in [-0.39, 0.29) is 0 Å². The monoisotopic (exact) mass is 164 g/mol. The molecular formula is C6H10F2N2O. The molecule has 0 aromatic heterocycles. The zero-order chi connectivity index (χ0) is 8.85. The Hall–Kier alpha value is -1.13. The molecule has 0 aromatic carbocycles. The lowest BCUT2D eigenvalue weighted by molar-refractivity contribution is -0.115. The summed E-state index contributed by atoms with van der Waals surface area (Å²) in [4.78, 5) is 11.8. The van der Waals surface area contributed by atoms with E-state index in [1.807, 2.05) is 0 Å². The summed E-state index contributed by atoms with van der Waals surface area (Å²) in [5, 5.41) is 0. The first-order valence-corrected chi connectivity index (χ1v) is 2.93. The molecule has 0 atom stereocenters. The molecule has 1 amide bonds. The summed E-state index contributed by atoms with van der Waals surface area (Å²) in [7, 11) is 2.68. The molecule has 0 fully saturated rings. The fraction of sp³-hybridized carbons (Fsp3) is 0.500. The number of amides is 1. The highest BCUT2D eigenvalue weighted by atomic mass is 19.3.